The standard InChI is InChI=1S/C22H18F4N4O2/c1-12-17(11-27-20(12)31)21(32)28-19-10-18(13-3-2-4-14(9-13)22(24,25)26)30(29-19)16-7-5-15(23)6-8-16/h2-10,12,17H,11H2,1H3,(H,27,31)(H,28,29,32)/t12-,17+/m1/s1. The Hall–Kier alpha value is -3.69. The lowest BCUT2D eigenvalue weighted by Gasteiger charge is -2.11. The summed E-state index contributed by atoms with van der Waals surface area (Å²) in [6, 6.07) is 11.4. The second-order valence-electron chi connectivity index (χ2n) is 7.51. The molecule has 0 bridgehead atoms. The van der Waals surface area contributed by atoms with Crippen molar-refractivity contribution in [2.75, 3.05) is 11.9 Å². The molecule has 2 atom stereocenters. The summed E-state index contributed by atoms with van der Waals surface area (Å²) in [5.74, 6) is -2.17. The van der Waals surface area contributed by atoms with Crippen molar-refractivity contribution in [3.63, 3.8) is 0 Å². The van der Waals surface area contributed by atoms with Crippen LogP contribution in [0.25, 0.3) is 16.9 Å². The monoisotopic (exact) mass is 446 g/mol. The third kappa shape index (κ3) is 4.20. The molecule has 1 saturated heterocycles. The summed E-state index contributed by atoms with van der Waals surface area (Å²) in [7, 11) is 0. The number of nitrogens with zero attached hydrogens (tertiary/aromatic N) is 2. The largest absolute Gasteiger partial charge is 0.416 e. The van der Waals surface area contributed by atoms with Crippen molar-refractivity contribution in [1.29, 1.82) is 0 Å². The number of hydrogen-bond donors (Lipinski definition) is 2. The van der Waals surface area contributed by atoms with E-state index in [9.17, 15) is 27.2 Å². The normalized spacial score (nSPS) is 18.5. The fourth-order valence-electron chi connectivity index (χ4n) is 3.55. The first-order valence-electron chi connectivity index (χ1n) is 9.75. The highest BCUT2D eigenvalue weighted by molar-refractivity contribution is 5.98. The van der Waals surface area contributed by atoms with Crippen molar-refractivity contribution in [2.24, 2.45) is 11.8 Å². The van der Waals surface area contributed by atoms with Crippen LogP contribution in [0.15, 0.2) is 54.6 Å². The fourth-order valence-corrected chi connectivity index (χ4v) is 3.55. The molecule has 166 valence electrons. The number of amides is 2. The van der Waals surface area contributed by atoms with Gasteiger partial charge in [-0.1, -0.05) is 19.1 Å². The number of carbonyl (C=O) groups excluding carboxylic acids is 2. The Kier molecular flexibility index (Phi) is 5.45. The molecule has 4 rings (SSSR count). The Labute approximate surface area is 180 Å². The van der Waals surface area contributed by atoms with Gasteiger partial charge in [0.1, 0.15) is 5.82 Å². The lowest BCUT2D eigenvalue weighted by molar-refractivity contribution is -0.137. The van der Waals surface area contributed by atoms with E-state index < -0.39 is 35.3 Å². The molecule has 0 spiro atoms. The summed E-state index contributed by atoms with van der Waals surface area (Å²) in [5.41, 5.74) is 0.0390. The molecule has 32 heavy (non-hydrogen) atoms. The van der Waals surface area contributed by atoms with Gasteiger partial charge in [0.05, 0.1) is 22.9 Å². The molecule has 0 radical (unpaired) electrons. The molecule has 1 aliphatic heterocycles. The molecule has 3 aromatic rings. The summed E-state index contributed by atoms with van der Waals surface area (Å²) < 4.78 is 54.4. The Morgan fingerprint density at radius 1 is 1.16 bits per heavy atom. The van der Waals surface area contributed by atoms with Crippen LogP contribution in [0.5, 0.6) is 0 Å². The zero-order chi connectivity index (χ0) is 23.0. The minimum Gasteiger partial charge on any atom is -0.355 e. The first kappa shape index (κ1) is 21.5. The quantitative estimate of drug-likeness (QED) is 0.595. The summed E-state index contributed by atoms with van der Waals surface area (Å²) in [4.78, 5) is 24.3. The van der Waals surface area contributed by atoms with E-state index >= 15 is 0 Å². The third-order valence-corrected chi connectivity index (χ3v) is 5.37. The molecule has 6 nitrogen and oxygen atoms in total. The van der Waals surface area contributed by atoms with E-state index in [1.54, 1.807) is 6.92 Å². The van der Waals surface area contributed by atoms with E-state index in [2.05, 4.69) is 15.7 Å². The van der Waals surface area contributed by atoms with Crippen LogP contribution in [-0.2, 0) is 15.8 Å². The molecule has 10 heteroatoms. The minimum atomic E-state index is -4.54. The molecular formula is C22H18F4N4O2. The number of hydrogen-bond acceptors (Lipinski definition) is 3. The van der Waals surface area contributed by atoms with E-state index in [1.807, 2.05) is 0 Å². The summed E-state index contributed by atoms with van der Waals surface area (Å²) in [5, 5.41) is 9.55. The Morgan fingerprint density at radius 2 is 1.88 bits per heavy atom. The maximum absolute atomic E-state index is 13.4. The molecular weight excluding hydrogens is 428 g/mol. The predicted molar refractivity (Wildman–Crippen MR) is 108 cm³/mol. The van der Waals surface area contributed by atoms with Crippen LogP contribution in [0.4, 0.5) is 23.4 Å². The number of nitrogens with one attached hydrogen (secondary N) is 2. The molecule has 2 N–H and O–H groups in total. The van der Waals surface area contributed by atoms with E-state index in [4.69, 9.17) is 0 Å². The number of halogens is 4. The third-order valence-electron chi connectivity index (χ3n) is 5.37. The zero-order valence-electron chi connectivity index (χ0n) is 16.8. The van der Waals surface area contributed by atoms with Gasteiger partial charge < -0.3 is 10.6 Å². The lowest BCUT2D eigenvalue weighted by atomic mass is 9.97. The van der Waals surface area contributed by atoms with Crippen LogP contribution in [0.1, 0.15) is 12.5 Å². The van der Waals surface area contributed by atoms with Crippen LogP contribution in [0.3, 0.4) is 0 Å². The van der Waals surface area contributed by atoms with Crippen molar-refractivity contribution >= 4 is 17.6 Å². The highest BCUT2D eigenvalue weighted by atomic mass is 19.4. The molecule has 2 amide bonds. The maximum atomic E-state index is 13.4. The van der Waals surface area contributed by atoms with Gasteiger partial charge in [-0.25, -0.2) is 9.07 Å². The van der Waals surface area contributed by atoms with Crippen molar-refractivity contribution in [2.45, 2.75) is 13.1 Å². The van der Waals surface area contributed by atoms with Gasteiger partial charge in [-0.3, -0.25) is 9.59 Å². The number of anilines is 1. The van der Waals surface area contributed by atoms with Crippen LogP contribution < -0.4 is 10.6 Å². The van der Waals surface area contributed by atoms with Crippen LogP contribution >= 0.6 is 0 Å². The van der Waals surface area contributed by atoms with Gasteiger partial charge in [0.25, 0.3) is 0 Å². The van der Waals surface area contributed by atoms with Gasteiger partial charge in [0.15, 0.2) is 5.82 Å². The number of rotatable bonds is 4. The first-order chi connectivity index (χ1) is 15.1. The molecule has 1 aliphatic rings. The number of carbonyl (C=O) groups is 2. The van der Waals surface area contributed by atoms with Gasteiger partial charge in [0, 0.05) is 24.1 Å². The van der Waals surface area contributed by atoms with Crippen molar-refractivity contribution in [3.05, 3.63) is 66.0 Å². The molecule has 1 aromatic heterocycles. The average molecular weight is 446 g/mol. The van der Waals surface area contributed by atoms with Gasteiger partial charge in [-0.05, 0) is 36.4 Å². The van der Waals surface area contributed by atoms with E-state index in [0.717, 1.165) is 12.1 Å². The minimum absolute atomic E-state index is 0.0956. The lowest BCUT2D eigenvalue weighted by Crippen LogP contribution is -2.28. The predicted octanol–water partition coefficient (Wildman–Crippen LogP) is 4.02. The Morgan fingerprint density at radius 3 is 2.50 bits per heavy atom. The molecule has 0 saturated carbocycles. The zero-order valence-corrected chi connectivity index (χ0v) is 16.8. The highest BCUT2D eigenvalue weighted by Crippen LogP contribution is 2.34. The van der Waals surface area contributed by atoms with E-state index in [0.29, 0.717) is 5.69 Å². The topological polar surface area (TPSA) is 76.0 Å². The number of aromatic nitrogens is 2. The first-order valence-corrected chi connectivity index (χ1v) is 9.75. The van der Waals surface area contributed by atoms with Crippen molar-refractivity contribution in [1.82, 2.24) is 15.1 Å². The Bertz CT molecular complexity index is 1170. The van der Waals surface area contributed by atoms with Crippen LogP contribution in [0.2, 0.25) is 0 Å². The number of alkyl halides is 3. The molecule has 2 heterocycles. The second-order valence-corrected chi connectivity index (χ2v) is 7.51. The van der Waals surface area contributed by atoms with Gasteiger partial charge in [-0.15, -0.1) is 5.10 Å². The second kappa shape index (κ2) is 8.10. The molecule has 0 aliphatic carbocycles. The smallest absolute Gasteiger partial charge is 0.355 e. The van der Waals surface area contributed by atoms with Gasteiger partial charge in [-0.2, -0.15) is 13.2 Å². The van der Waals surface area contributed by atoms with Gasteiger partial charge in [0.2, 0.25) is 11.8 Å². The highest BCUT2D eigenvalue weighted by Gasteiger charge is 2.36. The SMILES string of the molecule is C[C@H]1C(=O)NC[C@@H]1C(=O)Nc1cc(-c2cccc(C(F)(F)F)c2)n(-c2ccc(F)cc2)n1. The summed E-state index contributed by atoms with van der Waals surface area (Å²) >= 11 is 0. The summed E-state index contributed by atoms with van der Waals surface area (Å²) in [6.07, 6.45) is -4.54. The van der Waals surface area contributed by atoms with E-state index in [-0.39, 0.29) is 29.5 Å². The summed E-state index contributed by atoms with van der Waals surface area (Å²) in [6.45, 7) is 1.82. The van der Waals surface area contributed by atoms with Crippen LogP contribution in [0, 0.1) is 17.7 Å². The van der Waals surface area contributed by atoms with Crippen LogP contribution in [-0.4, -0.2) is 28.1 Å². The molecule has 2 aromatic carbocycles. The van der Waals surface area contributed by atoms with E-state index in [1.165, 1.54) is 47.1 Å². The maximum Gasteiger partial charge on any atom is 0.416 e. The van der Waals surface area contributed by atoms with Gasteiger partial charge >= 0.3 is 6.18 Å². The number of benzene rings is 2. The molecule has 0 unspecified atom stereocenters. The average Bonchev–Trinajstić information content (AvgIpc) is 3.31. The van der Waals surface area contributed by atoms with Crippen molar-refractivity contribution < 1.29 is 27.2 Å². The van der Waals surface area contributed by atoms with Crippen molar-refractivity contribution in [3.8, 4) is 16.9 Å². The fraction of sp³-hybridized carbons (Fsp3) is 0.227. The Balaban J connectivity index is 1.73. The molecule has 1 fully saturated rings.